The predicted octanol–water partition coefficient (Wildman–Crippen LogP) is 3.63. The highest BCUT2D eigenvalue weighted by atomic mass is 32.1. The van der Waals surface area contributed by atoms with Crippen LogP contribution in [0.4, 0.5) is 9.80 Å². The second kappa shape index (κ2) is 6.74. The molecular formula is C14H20N2O3S. The fraction of sp³-hybridized carbons (Fsp3) is 0.571. The van der Waals surface area contributed by atoms with Gasteiger partial charge in [-0.05, 0) is 31.2 Å². The molecule has 1 aromatic heterocycles. The molecule has 110 valence electrons. The Balaban J connectivity index is 2.05. The van der Waals surface area contributed by atoms with Gasteiger partial charge in [0.15, 0.2) is 0 Å². The number of carbonyl (C=O) groups is 2. The van der Waals surface area contributed by atoms with Gasteiger partial charge in [-0.15, -0.1) is 11.3 Å². The van der Waals surface area contributed by atoms with Gasteiger partial charge in [0.05, 0.1) is 5.56 Å². The summed E-state index contributed by atoms with van der Waals surface area (Å²) in [6, 6.07) is 1.60. The molecule has 0 atom stereocenters. The highest BCUT2D eigenvalue weighted by Crippen LogP contribution is 2.26. The first-order valence-corrected chi connectivity index (χ1v) is 7.89. The van der Waals surface area contributed by atoms with Crippen molar-refractivity contribution >= 4 is 28.3 Å². The molecule has 1 fully saturated rings. The molecule has 0 unspecified atom stereocenters. The van der Waals surface area contributed by atoms with E-state index < -0.39 is 5.97 Å². The standard InChI is InChI=1S/C14H20N2O3S/c1-2-16(10-6-4-3-5-7-10)14(19)15-12-11(13(17)18)8-9-20-12/h8-10H,2-7H2,1H3,(H,15,19)(H,17,18). The summed E-state index contributed by atoms with van der Waals surface area (Å²) in [7, 11) is 0. The molecule has 1 aliphatic carbocycles. The molecule has 0 aromatic carbocycles. The first-order chi connectivity index (χ1) is 9.63. The van der Waals surface area contributed by atoms with Gasteiger partial charge in [-0.2, -0.15) is 0 Å². The van der Waals surface area contributed by atoms with E-state index in [-0.39, 0.29) is 17.6 Å². The Kier molecular flexibility index (Phi) is 5.00. The van der Waals surface area contributed by atoms with Crippen LogP contribution in [0.5, 0.6) is 0 Å². The van der Waals surface area contributed by atoms with Crippen LogP contribution < -0.4 is 5.32 Å². The molecule has 2 rings (SSSR count). The van der Waals surface area contributed by atoms with Crippen molar-refractivity contribution in [1.29, 1.82) is 0 Å². The Morgan fingerprint density at radius 1 is 1.40 bits per heavy atom. The van der Waals surface area contributed by atoms with E-state index in [0.29, 0.717) is 11.5 Å². The van der Waals surface area contributed by atoms with Gasteiger partial charge >= 0.3 is 12.0 Å². The third-order valence-corrected chi connectivity index (χ3v) is 4.56. The number of nitrogens with one attached hydrogen (secondary N) is 1. The fourth-order valence-corrected chi connectivity index (χ4v) is 3.47. The number of anilines is 1. The van der Waals surface area contributed by atoms with Gasteiger partial charge < -0.3 is 10.0 Å². The summed E-state index contributed by atoms with van der Waals surface area (Å²) in [6.45, 7) is 2.60. The molecular weight excluding hydrogens is 276 g/mol. The molecule has 0 spiro atoms. The number of amides is 2. The summed E-state index contributed by atoms with van der Waals surface area (Å²) in [6.07, 6.45) is 5.64. The second-order valence-electron chi connectivity index (χ2n) is 4.98. The number of aromatic carboxylic acids is 1. The zero-order valence-electron chi connectivity index (χ0n) is 11.6. The largest absolute Gasteiger partial charge is 0.478 e. The SMILES string of the molecule is CCN(C(=O)Nc1sccc1C(=O)O)C1CCCCC1. The monoisotopic (exact) mass is 296 g/mol. The molecule has 6 heteroatoms. The number of hydrogen-bond donors (Lipinski definition) is 2. The summed E-state index contributed by atoms with van der Waals surface area (Å²) in [5, 5.41) is 13.9. The minimum atomic E-state index is -1.01. The Morgan fingerprint density at radius 2 is 2.10 bits per heavy atom. The molecule has 0 aliphatic heterocycles. The fourth-order valence-electron chi connectivity index (χ4n) is 2.70. The number of nitrogens with zero attached hydrogens (tertiary/aromatic N) is 1. The Bertz CT molecular complexity index is 481. The van der Waals surface area contributed by atoms with Crippen LogP contribution in [0.3, 0.4) is 0 Å². The molecule has 0 bridgehead atoms. The van der Waals surface area contributed by atoms with E-state index >= 15 is 0 Å². The second-order valence-corrected chi connectivity index (χ2v) is 5.89. The van der Waals surface area contributed by atoms with Gasteiger partial charge in [0.1, 0.15) is 5.00 Å². The number of thiophene rings is 1. The maximum atomic E-state index is 12.3. The van der Waals surface area contributed by atoms with E-state index in [0.717, 1.165) is 25.7 Å². The van der Waals surface area contributed by atoms with Crippen molar-refractivity contribution in [1.82, 2.24) is 4.90 Å². The van der Waals surface area contributed by atoms with E-state index in [4.69, 9.17) is 5.11 Å². The van der Waals surface area contributed by atoms with Crippen molar-refractivity contribution in [2.75, 3.05) is 11.9 Å². The lowest BCUT2D eigenvalue weighted by Gasteiger charge is -2.33. The number of hydrogen-bond acceptors (Lipinski definition) is 3. The van der Waals surface area contributed by atoms with Gasteiger partial charge in [0, 0.05) is 12.6 Å². The van der Waals surface area contributed by atoms with Crippen molar-refractivity contribution in [3.63, 3.8) is 0 Å². The maximum Gasteiger partial charge on any atom is 0.338 e. The number of carboxylic acids is 1. The van der Waals surface area contributed by atoms with Gasteiger partial charge in [0.2, 0.25) is 0 Å². The van der Waals surface area contributed by atoms with Crippen molar-refractivity contribution in [3.05, 3.63) is 17.0 Å². The molecule has 1 saturated carbocycles. The third kappa shape index (κ3) is 3.30. The maximum absolute atomic E-state index is 12.3. The Hall–Kier alpha value is -1.56. The van der Waals surface area contributed by atoms with Crippen molar-refractivity contribution in [2.45, 2.75) is 45.1 Å². The van der Waals surface area contributed by atoms with Crippen LogP contribution in [-0.4, -0.2) is 34.6 Å². The molecule has 0 radical (unpaired) electrons. The molecule has 1 aromatic rings. The van der Waals surface area contributed by atoms with E-state index in [9.17, 15) is 9.59 Å². The van der Waals surface area contributed by atoms with Crippen LogP contribution in [0, 0.1) is 0 Å². The zero-order chi connectivity index (χ0) is 14.5. The van der Waals surface area contributed by atoms with E-state index in [2.05, 4.69) is 5.32 Å². The number of urea groups is 1. The van der Waals surface area contributed by atoms with Crippen LogP contribution >= 0.6 is 11.3 Å². The van der Waals surface area contributed by atoms with Crippen LogP contribution in [0.15, 0.2) is 11.4 Å². The summed E-state index contributed by atoms with van der Waals surface area (Å²) in [5.74, 6) is -1.01. The molecule has 2 amide bonds. The van der Waals surface area contributed by atoms with Crippen molar-refractivity contribution < 1.29 is 14.7 Å². The third-order valence-electron chi connectivity index (χ3n) is 3.73. The van der Waals surface area contributed by atoms with Crippen LogP contribution in [0.25, 0.3) is 0 Å². The first kappa shape index (κ1) is 14.8. The van der Waals surface area contributed by atoms with Gasteiger partial charge in [-0.25, -0.2) is 9.59 Å². The molecule has 0 saturated heterocycles. The van der Waals surface area contributed by atoms with Crippen LogP contribution in [-0.2, 0) is 0 Å². The highest BCUT2D eigenvalue weighted by Gasteiger charge is 2.25. The van der Waals surface area contributed by atoms with Crippen molar-refractivity contribution in [3.8, 4) is 0 Å². The summed E-state index contributed by atoms with van der Waals surface area (Å²) >= 11 is 1.24. The van der Waals surface area contributed by atoms with Gasteiger partial charge in [-0.3, -0.25) is 5.32 Å². The van der Waals surface area contributed by atoms with Crippen LogP contribution in [0.1, 0.15) is 49.4 Å². The summed E-state index contributed by atoms with van der Waals surface area (Å²) < 4.78 is 0. The average molecular weight is 296 g/mol. The van der Waals surface area contributed by atoms with E-state index in [1.54, 1.807) is 5.38 Å². The van der Waals surface area contributed by atoms with Crippen molar-refractivity contribution in [2.24, 2.45) is 0 Å². The van der Waals surface area contributed by atoms with Gasteiger partial charge in [0.25, 0.3) is 0 Å². The number of rotatable bonds is 4. The quantitative estimate of drug-likeness (QED) is 0.891. The minimum Gasteiger partial charge on any atom is -0.478 e. The number of carboxylic acid groups (broad SMARTS) is 1. The Morgan fingerprint density at radius 3 is 2.70 bits per heavy atom. The molecule has 1 aliphatic rings. The highest BCUT2D eigenvalue weighted by molar-refractivity contribution is 7.14. The summed E-state index contributed by atoms with van der Waals surface area (Å²) in [4.78, 5) is 25.2. The first-order valence-electron chi connectivity index (χ1n) is 7.02. The zero-order valence-corrected chi connectivity index (χ0v) is 12.4. The Labute approximate surface area is 122 Å². The lowest BCUT2D eigenvalue weighted by atomic mass is 9.94. The molecule has 5 nitrogen and oxygen atoms in total. The van der Waals surface area contributed by atoms with Crippen LogP contribution in [0.2, 0.25) is 0 Å². The average Bonchev–Trinajstić information content (AvgIpc) is 2.89. The molecule has 2 N–H and O–H groups in total. The topological polar surface area (TPSA) is 69.6 Å². The lowest BCUT2D eigenvalue weighted by Crippen LogP contribution is -2.43. The number of carbonyl (C=O) groups excluding carboxylic acids is 1. The van der Waals surface area contributed by atoms with E-state index in [1.807, 2.05) is 11.8 Å². The summed E-state index contributed by atoms with van der Waals surface area (Å²) in [5.41, 5.74) is 0.156. The normalized spacial score (nSPS) is 15.8. The van der Waals surface area contributed by atoms with E-state index in [1.165, 1.54) is 23.8 Å². The predicted molar refractivity (Wildman–Crippen MR) is 79.6 cm³/mol. The lowest BCUT2D eigenvalue weighted by molar-refractivity contribution is 0.0698. The molecule has 1 heterocycles. The smallest absolute Gasteiger partial charge is 0.338 e. The van der Waals surface area contributed by atoms with Gasteiger partial charge in [-0.1, -0.05) is 19.3 Å². The minimum absolute atomic E-state index is 0.156. The molecule has 20 heavy (non-hydrogen) atoms.